The van der Waals surface area contributed by atoms with Crippen LogP contribution in [0.15, 0.2) is 35.2 Å². The number of alkyl halides is 2. The Morgan fingerprint density at radius 3 is 2.28 bits per heavy atom. The lowest BCUT2D eigenvalue weighted by Crippen LogP contribution is -2.35. The maximum atomic E-state index is 12.5. The first kappa shape index (κ1) is 19.6. The molecule has 6 nitrogen and oxygen atoms in total. The molecule has 0 bridgehead atoms. The van der Waals surface area contributed by atoms with Gasteiger partial charge in [-0.2, -0.15) is 8.78 Å². The van der Waals surface area contributed by atoms with Gasteiger partial charge in [0.25, 0.3) is 10.0 Å². The fourth-order valence-corrected chi connectivity index (χ4v) is 5.05. The van der Waals surface area contributed by atoms with Gasteiger partial charge >= 0.3 is 12.6 Å². The summed E-state index contributed by atoms with van der Waals surface area (Å²) in [5.41, 5.74) is 5.28. The normalized spacial score (nSPS) is 15.1. The van der Waals surface area contributed by atoms with Gasteiger partial charge in [0.2, 0.25) is 0 Å². The molecule has 2 aliphatic carbocycles. The topological polar surface area (TPSA) is 84.5 Å². The molecule has 154 valence electrons. The van der Waals surface area contributed by atoms with Gasteiger partial charge in [0.05, 0.1) is 4.90 Å². The number of aryl methyl sites for hydroxylation is 2. The van der Waals surface area contributed by atoms with E-state index >= 15 is 0 Å². The minimum absolute atomic E-state index is 0.304. The lowest BCUT2D eigenvalue weighted by atomic mass is 9.99. The van der Waals surface area contributed by atoms with Crippen molar-refractivity contribution in [2.45, 2.75) is 50.0 Å². The highest BCUT2D eigenvalue weighted by Gasteiger charge is 2.26. The monoisotopic (exact) mass is 422 g/mol. The molecule has 0 fully saturated rings. The lowest BCUT2D eigenvalue weighted by molar-refractivity contribution is -0.0500. The maximum absolute atomic E-state index is 12.5. The highest BCUT2D eigenvalue weighted by molar-refractivity contribution is 7.90. The van der Waals surface area contributed by atoms with E-state index in [4.69, 9.17) is 0 Å². The van der Waals surface area contributed by atoms with Crippen LogP contribution in [0, 0.1) is 0 Å². The molecule has 0 saturated carbocycles. The number of ether oxygens (including phenoxy) is 1. The molecule has 0 heterocycles. The molecular weight excluding hydrogens is 402 g/mol. The molecule has 0 radical (unpaired) electrons. The van der Waals surface area contributed by atoms with Crippen molar-refractivity contribution in [3.63, 3.8) is 0 Å². The van der Waals surface area contributed by atoms with Gasteiger partial charge in [-0.15, -0.1) is 0 Å². The van der Waals surface area contributed by atoms with Crippen LogP contribution >= 0.6 is 0 Å². The van der Waals surface area contributed by atoms with Crippen LogP contribution in [-0.4, -0.2) is 21.1 Å². The Morgan fingerprint density at radius 1 is 1.00 bits per heavy atom. The molecule has 0 aromatic heterocycles. The molecule has 2 aromatic carbocycles. The van der Waals surface area contributed by atoms with Gasteiger partial charge in [0, 0.05) is 11.8 Å². The van der Waals surface area contributed by atoms with Gasteiger partial charge in [0.1, 0.15) is 5.75 Å². The third-order valence-electron chi connectivity index (χ3n) is 5.28. The van der Waals surface area contributed by atoms with E-state index in [1.165, 1.54) is 29.3 Å². The first-order valence-corrected chi connectivity index (χ1v) is 10.9. The number of nitrogens with one attached hydrogen (secondary N) is 2. The number of amides is 2. The molecule has 4 rings (SSSR count). The molecule has 9 heteroatoms. The molecule has 0 spiro atoms. The number of hydrogen-bond acceptors (Lipinski definition) is 4. The Kier molecular flexibility index (Phi) is 5.16. The van der Waals surface area contributed by atoms with Crippen LogP contribution in [-0.2, 0) is 35.7 Å². The van der Waals surface area contributed by atoms with Crippen LogP contribution in [0.1, 0.15) is 35.1 Å². The zero-order valence-electron chi connectivity index (χ0n) is 15.5. The molecular formula is C20H20F2N2O4S. The summed E-state index contributed by atoms with van der Waals surface area (Å²) in [4.78, 5) is 12.2. The summed E-state index contributed by atoms with van der Waals surface area (Å²) in [5.74, 6) is -0.304. The number of carbonyl (C=O) groups is 1. The number of sulfonamides is 1. The summed E-state index contributed by atoms with van der Waals surface area (Å²) >= 11 is 0. The van der Waals surface area contributed by atoms with E-state index in [9.17, 15) is 22.0 Å². The zero-order chi connectivity index (χ0) is 20.6. The summed E-state index contributed by atoms with van der Waals surface area (Å²) in [5, 5.41) is 2.73. The van der Waals surface area contributed by atoms with E-state index in [-0.39, 0.29) is 10.6 Å². The molecule has 2 aliphatic rings. The van der Waals surface area contributed by atoms with Crippen LogP contribution in [0.25, 0.3) is 0 Å². The Hall–Kier alpha value is -2.68. The first-order valence-electron chi connectivity index (χ1n) is 9.38. The minimum Gasteiger partial charge on any atom is -0.435 e. The first-order chi connectivity index (χ1) is 13.8. The largest absolute Gasteiger partial charge is 0.435 e. The van der Waals surface area contributed by atoms with Crippen molar-refractivity contribution in [3.8, 4) is 5.75 Å². The Bertz CT molecular complexity index is 1040. The lowest BCUT2D eigenvalue weighted by Gasteiger charge is -2.16. The van der Waals surface area contributed by atoms with Crippen LogP contribution in [0.5, 0.6) is 5.75 Å². The summed E-state index contributed by atoms with van der Waals surface area (Å²) in [7, 11) is -4.25. The Morgan fingerprint density at radius 2 is 1.66 bits per heavy atom. The standard InChI is InChI=1S/C20H20F2N2O4S/c21-19(22)28-14-6-3-7-15(11-14)29(26,27)24-20(25)23-18-16-8-1-4-12(16)10-13-5-2-9-17(13)18/h3,6-7,10-11,19H,1-2,4-5,8-9H2,(H2,23,24,25). The average Bonchev–Trinajstić information content (AvgIpc) is 3.29. The SMILES string of the molecule is O=C(Nc1c2c(cc3c1CCC3)CCC2)NS(=O)(=O)c1cccc(OC(F)F)c1. The Labute approximate surface area is 167 Å². The molecule has 2 amide bonds. The van der Waals surface area contributed by atoms with Crippen molar-refractivity contribution >= 4 is 21.7 Å². The number of urea groups is 1. The van der Waals surface area contributed by atoms with Crippen molar-refractivity contribution in [3.05, 3.63) is 52.6 Å². The molecule has 0 atom stereocenters. The predicted molar refractivity (Wildman–Crippen MR) is 103 cm³/mol. The number of hydrogen-bond donors (Lipinski definition) is 2. The van der Waals surface area contributed by atoms with Gasteiger partial charge in [-0.05, 0) is 72.9 Å². The average molecular weight is 422 g/mol. The molecule has 2 N–H and O–H groups in total. The molecule has 29 heavy (non-hydrogen) atoms. The summed E-state index contributed by atoms with van der Waals surface area (Å²) in [6.45, 7) is -3.08. The molecule has 0 aliphatic heterocycles. The molecule has 2 aromatic rings. The molecule has 0 unspecified atom stereocenters. The maximum Gasteiger partial charge on any atom is 0.387 e. The van der Waals surface area contributed by atoms with Gasteiger partial charge in [0.15, 0.2) is 0 Å². The number of carbonyl (C=O) groups excluding carboxylic acids is 1. The number of fused-ring (bicyclic) bond motifs is 2. The highest BCUT2D eigenvalue weighted by Crippen LogP contribution is 2.38. The number of halogens is 2. The fraction of sp³-hybridized carbons (Fsp3) is 0.350. The molecule has 0 saturated heterocycles. The second kappa shape index (κ2) is 7.62. The van der Waals surface area contributed by atoms with E-state index in [1.54, 1.807) is 0 Å². The third-order valence-corrected chi connectivity index (χ3v) is 6.61. The van der Waals surface area contributed by atoms with E-state index in [0.717, 1.165) is 61.4 Å². The van der Waals surface area contributed by atoms with Gasteiger partial charge in [-0.3, -0.25) is 0 Å². The van der Waals surface area contributed by atoms with Crippen molar-refractivity contribution in [1.82, 2.24) is 4.72 Å². The van der Waals surface area contributed by atoms with Crippen molar-refractivity contribution in [2.75, 3.05) is 5.32 Å². The minimum atomic E-state index is -4.25. The van der Waals surface area contributed by atoms with Crippen LogP contribution in [0.2, 0.25) is 0 Å². The highest BCUT2D eigenvalue weighted by atomic mass is 32.2. The van der Waals surface area contributed by atoms with Crippen molar-refractivity contribution in [2.24, 2.45) is 0 Å². The third kappa shape index (κ3) is 4.05. The zero-order valence-corrected chi connectivity index (χ0v) is 16.3. The number of benzene rings is 2. The predicted octanol–water partition coefficient (Wildman–Crippen LogP) is 3.78. The summed E-state index contributed by atoms with van der Waals surface area (Å²) in [6, 6.07) is 5.95. The van der Waals surface area contributed by atoms with Crippen LogP contribution < -0.4 is 14.8 Å². The van der Waals surface area contributed by atoms with Gasteiger partial charge in [-0.25, -0.2) is 17.9 Å². The second-order valence-electron chi connectivity index (χ2n) is 7.15. The summed E-state index contributed by atoms with van der Waals surface area (Å²) in [6.07, 6.45) is 5.60. The summed E-state index contributed by atoms with van der Waals surface area (Å²) < 4.78 is 56.0. The van der Waals surface area contributed by atoms with E-state index in [2.05, 4.69) is 16.1 Å². The van der Waals surface area contributed by atoms with Crippen molar-refractivity contribution in [1.29, 1.82) is 0 Å². The smallest absolute Gasteiger partial charge is 0.387 e. The van der Waals surface area contributed by atoms with Crippen LogP contribution in [0.4, 0.5) is 19.3 Å². The quantitative estimate of drug-likeness (QED) is 0.768. The fourth-order valence-electron chi connectivity index (χ4n) is 4.10. The van der Waals surface area contributed by atoms with E-state index < -0.39 is 22.7 Å². The Balaban J connectivity index is 1.55. The van der Waals surface area contributed by atoms with Crippen molar-refractivity contribution < 1.29 is 26.7 Å². The van der Waals surface area contributed by atoms with E-state index in [0.29, 0.717) is 0 Å². The van der Waals surface area contributed by atoms with Crippen LogP contribution in [0.3, 0.4) is 0 Å². The number of rotatable bonds is 5. The second-order valence-corrected chi connectivity index (χ2v) is 8.83. The number of anilines is 1. The van der Waals surface area contributed by atoms with E-state index in [1.807, 2.05) is 4.72 Å². The van der Waals surface area contributed by atoms with Gasteiger partial charge < -0.3 is 10.1 Å². The van der Waals surface area contributed by atoms with Gasteiger partial charge in [-0.1, -0.05) is 12.1 Å².